The lowest BCUT2D eigenvalue weighted by atomic mass is 9.91. The van der Waals surface area contributed by atoms with Crippen molar-refractivity contribution in [1.82, 2.24) is 0 Å². The van der Waals surface area contributed by atoms with Gasteiger partial charge in [-0.25, -0.2) is 0 Å². The van der Waals surface area contributed by atoms with Crippen LogP contribution >= 0.6 is 0 Å². The highest BCUT2D eigenvalue weighted by Crippen LogP contribution is 2.23. The van der Waals surface area contributed by atoms with Gasteiger partial charge in [-0.2, -0.15) is 0 Å². The molecule has 0 aromatic heterocycles. The SMILES string of the molecule is C=C/C=C(/C=NC1CCCC[C@@H]1N=CC(/C=C\C)=NCC)N=C. The van der Waals surface area contributed by atoms with Crippen LogP contribution in [0.15, 0.2) is 56.5 Å². The lowest BCUT2D eigenvalue weighted by Gasteiger charge is -2.25. The topological polar surface area (TPSA) is 49.4 Å². The van der Waals surface area contributed by atoms with Crippen molar-refractivity contribution >= 4 is 24.9 Å². The van der Waals surface area contributed by atoms with Gasteiger partial charge in [0, 0.05) is 19.0 Å². The summed E-state index contributed by atoms with van der Waals surface area (Å²) in [4.78, 5) is 17.8. The Kier molecular flexibility index (Phi) is 9.45. The van der Waals surface area contributed by atoms with E-state index in [0.717, 1.165) is 30.8 Å². The minimum atomic E-state index is 0.198. The molecule has 1 aliphatic rings. The van der Waals surface area contributed by atoms with Gasteiger partial charge in [-0.3, -0.25) is 20.0 Å². The summed E-state index contributed by atoms with van der Waals surface area (Å²) in [7, 11) is 0. The van der Waals surface area contributed by atoms with Crippen molar-refractivity contribution in [3.05, 3.63) is 36.6 Å². The van der Waals surface area contributed by atoms with Crippen LogP contribution in [0.5, 0.6) is 0 Å². The second-order valence-electron chi connectivity index (χ2n) is 5.36. The van der Waals surface area contributed by atoms with Crippen molar-refractivity contribution in [2.24, 2.45) is 20.0 Å². The summed E-state index contributed by atoms with van der Waals surface area (Å²) in [5.41, 5.74) is 1.65. The van der Waals surface area contributed by atoms with E-state index in [1.54, 1.807) is 18.4 Å². The van der Waals surface area contributed by atoms with Gasteiger partial charge in [-0.15, -0.1) is 0 Å². The fourth-order valence-electron chi connectivity index (χ4n) is 2.53. The fraction of sp³-hybridized carbons (Fsp3) is 0.474. The molecule has 0 saturated heterocycles. The second kappa shape index (κ2) is 11.5. The van der Waals surface area contributed by atoms with Crippen molar-refractivity contribution in [1.29, 1.82) is 0 Å². The van der Waals surface area contributed by atoms with Gasteiger partial charge in [0.2, 0.25) is 0 Å². The molecule has 1 rings (SSSR count). The molecular weight excluding hydrogens is 284 g/mol. The zero-order chi connectivity index (χ0) is 16.9. The number of aliphatic imine (C=N–C) groups is 4. The van der Waals surface area contributed by atoms with E-state index in [-0.39, 0.29) is 12.1 Å². The molecule has 0 heterocycles. The van der Waals surface area contributed by atoms with E-state index in [1.165, 1.54) is 12.8 Å². The second-order valence-corrected chi connectivity index (χ2v) is 5.36. The van der Waals surface area contributed by atoms with Crippen LogP contribution in [-0.2, 0) is 0 Å². The number of allylic oxidation sites excluding steroid dienone is 5. The van der Waals surface area contributed by atoms with E-state index >= 15 is 0 Å². The Labute approximate surface area is 140 Å². The van der Waals surface area contributed by atoms with Crippen LogP contribution in [0.3, 0.4) is 0 Å². The molecule has 23 heavy (non-hydrogen) atoms. The zero-order valence-corrected chi connectivity index (χ0v) is 14.4. The first-order valence-corrected chi connectivity index (χ1v) is 8.28. The quantitative estimate of drug-likeness (QED) is 0.475. The Balaban J connectivity index is 2.83. The van der Waals surface area contributed by atoms with Crippen LogP contribution in [0, 0.1) is 0 Å². The third-order valence-electron chi connectivity index (χ3n) is 3.64. The molecule has 2 atom stereocenters. The minimum Gasteiger partial charge on any atom is -0.285 e. The molecule has 0 bridgehead atoms. The maximum atomic E-state index is 4.75. The van der Waals surface area contributed by atoms with Gasteiger partial charge in [0.05, 0.1) is 23.5 Å². The molecule has 1 saturated carbocycles. The van der Waals surface area contributed by atoms with E-state index < -0.39 is 0 Å². The Hall–Kier alpha value is -2.10. The summed E-state index contributed by atoms with van der Waals surface area (Å²) in [5.74, 6) is 0. The Morgan fingerprint density at radius 3 is 2.30 bits per heavy atom. The van der Waals surface area contributed by atoms with Crippen LogP contribution in [0.4, 0.5) is 0 Å². The predicted octanol–water partition coefficient (Wildman–Crippen LogP) is 4.25. The predicted molar refractivity (Wildman–Crippen MR) is 104 cm³/mol. The molecule has 1 aliphatic carbocycles. The van der Waals surface area contributed by atoms with Crippen LogP contribution in [-0.4, -0.2) is 43.5 Å². The Morgan fingerprint density at radius 1 is 1.13 bits per heavy atom. The average molecular weight is 312 g/mol. The van der Waals surface area contributed by atoms with Crippen LogP contribution < -0.4 is 0 Å². The van der Waals surface area contributed by atoms with E-state index in [0.29, 0.717) is 0 Å². The Bertz CT molecular complexity index is 523. The summed E-state index contributed by atoms with van der Waals surface area (Å²) >= 11 is 0. The maximum Gasteiger partial charge on any atom is 0.0800 e. The summed E-state index contributed by atoms with van der Waals surface area (Å²) in [6, 6.07) is 0.408. The average Bonchev–Trinajstić information content (AvgIpc) is 2.57. The molecule has 0 aromatic rings. The van der Waals surface area contributed by atoms with Crippen molar-refractivity contribution < 1.29 is 0 Å². The minimum absolute atomic E-state index is 0.198. The van der Waals surface area contributed by atoms with E-state index in [9.17, 15) is 0 Å². The van der Waals surface area contributed by atoms with Gasteiger partial charge in [0.15, 0.2) is 0 Å². The molecule has 0 spiro atoms. The third-order valence-corrected chi connectivity index (χ3v) is 3.64. The molecular formula is C19H28N4. The largest absolute Gasteiger partial charge is 0.285 e. The first kappa shape index (κ1) is 18.9. The highest BCUT2D eigenvalue weighted by molar-refractivity contribution is 6.35. The molecule has 0 aromatic carbocycles. The first-order chi connectivity index (χ1) is 11.2. The van der Waals surface area contributed by atoms with E-state index in [2.05, 4.69) is 28.3 Å². The molecule has 0 amide bonds. The van der Waals surface area contributed by atoms with Crippen LogP contribution in [0.2, 0.25) is 0 Å². The third kappa shape index (κ3) is 7.13. The first-order valence-electron chi connectivity index (χ1n) is 8.28. The fourth-order valence-corrected chi connectivity index (χ4v) is 2.53. The van der Waals surface area contributed by atoms with Gasteiger partial charge >= 0.3 is 0 Å². The van der Waals surface area contributed by atoms with E-state index in [4.69, 9.17) is 4.99 Å². The van der Waals surface area contributed by atoms with Gasteiger partial charge in [-0.05, 0) is 45.6 Å². The normalized spacial score (nSPS) is 23.9. The summed E-state index contributed by atoms with van der Waals surface area (Å²) < 4.78 is 0. The molecule has 124 valence electrons. The number of hydrogen-bond acceptors (Lipinski definition) is 4. The van der Waals surface area contributed by atoms with Crippen LogP contribution in [0.25, 0.3) is 0 Å². The number of rotatable bonds is 8. The summed E-state index contributed by atoms with van der Waals surface area (Å²) in [6.45, 7) is 12.0. The molecule has 1 unspecified atom stereocenters. The number of nitrogens with zero attached hydrogens (tertiary/aromatic N) is 4. The lowest BCUT2D eigenvalue weighted by Crippen LogP contribution is -2.27. The van der Waals surface area contributed by atoms with Gasteiger partial charge < -0.3 is 0 Å². The Morgan fingerprint density at radius 2 is 1.78 bits per heavy atom. The summed E-state index contributed by atoms with van der Waals surface area (Å²) in [6.07, 6.45) is 15.6. The highest BCUT2D eigenvalue weighted by Gasteiger charge is 2.23. The molecule has 4 heteroatoms. The van der Waals surface area contributed by atoms with Gasteiger partial charge in [0.25, 0.3) is 0 Å². The van der Waals surface area contributed by atoms with Crippen LogP contribution in [0.1, 0.15) is 39.5 Å². The van der Waals surface area contributed by atoms with Gasteiger partial charge in [-0.1, -0.05) is 31.6 Å². The monoisotopic (exact) mass is 312 g/mol. The molecule has 4 nitrogen and oxygen atoms in total. The molecule has 1 fully saturated rings. The maximum absolute atomic E-state index is 4.75. The highest BCUT2D eigenvalue weighted by atomic mass is 14.9. The van der Waals surface area contributed by atoms with Crippen molar-refractivity contribution in [3.63, 3.8) is 0 Å². The molecule has 0 N–H and O–H groups in total. The van der Waals surface area contributed by atoms with Crippen molar-refractivity contribution in [2.45, 2.75) is 51.6 Å². The molecule has 0 radical (unpaired) electrons. The molecule has 0 aliphatic heterocycles. The summed E-state index contributed by atoms with van der Waals surface area (Å²) in [5, 5.41) is 0. The standard InChI is InChI=1S/C19H28N4/c1-5-10-16(20-4)14-22-18-12-8-9-13-19(18)23-15-17(11-6-2)21-7-3/h5-6,10-11,14-15,18-19H,1,4,7-9,12-13H2,2-3H3/b11-6-,16-10-,21-17?,22-14?,23-15?/t18?,19-/m0/s1. The van der Waals surface area contributed by atoms with Crippen molar-refractivity contribution in [2.75, 3.05) is 6.54 Å². The lowest BCUT2D eigenvalue weighted by molar-refractivity contribution is 0.390. The van der Waals surface area contributed by atoms with Crippen molar-refractivity contribution in [3.8, 4) is 0 Å². The zero-order valence-electron chi connectivity index (χ0n) is 14.4. The number of hydrogen-bond donors (Lipinski definition) is 0. The smallest absolute Gasteiger partial charge is 0.0800 e. The van der Waals surface area contributed by atoms with Gasteiger partial charge in [0.1, 0.15) is 0 Å². The van der Waals surface area contributed by atoms with E-state index in [1.807, 2.05) is 32.2 Å².